The van der Waals surface area contributed by atoms with Crippen LogP contribution < -0.4 is 19.8 Å². The maximum absolute atomic E-state index is 13.6. The molecule has 0 N–H and O–H groups in total. The molecule has 1 aliphatic heterocycles. The van der Waals surface area contributed by atoms with E-state index in [0.29, 0.717) is 20.6 Å². The number of hydrogen-bond acceptors (Lipinski definition) is 6. The van der Waals surface area contributed by atoms with Crippen molar-refractivity contribution in [3.63, 3.8) is 0 Å². The van der Waals surface area contributed by atoms with Gasteiger partial charge in [0.25, 0.3) is 5.56 Å². The molecule has 0 aliphatic carbocycles. The van der Waals surface area contributed by atoms with Crippen LogP contribution in [0.2, 0.25) is 0 Å². The van der Waals surface area contributed by atoms with Crippen molar-refractivity contribution in [2.24, 2.45) is 4.99 Å². The summed E-state index contributed by atoms with van der Waals surface area (Å²) in [5, 5.41) is 0. The first-order valence-electron chi connectivity index (χ1n) is 10.9. The summed E-state index contributed by atoms with van der Waals surface area (Å²) >= 11 is 4.93. The molecule has 2 aromatic carbocycles. The van der Waals surface area contributed by atoms with Crippen LogP contribution in [-0.4, -0.2) is 31.2 Å². The predicted octanol–water partition coefficient (Wildman–Crippen LogP) is 3.94. The molecule has 1 aliphatic rings. The van der Waals surface area contributed by atoms with Gasteiger partial charge in [-0.05, 0) is 66.0 Å². The molecule has 176 valence electrons. The Morgan fingerprint density at radius 3 is 2.53 bits per heavy atom. The Hall–Kier alpha value is -2.97. The third-order valence-electron chi connectivity index (χ3n) is 5.66. The van der Waals surface area contributed by atoms with Gasteiger partial charge in [-0.25, -0.2) is 9.79 Å². The Morgan fingerprint density at radius 1 is 1.21 bits per heavy atom. The molecule has 0 radical (unpaired) electrons. The highest BCUT2D eigenvalue weighted by molar-refractivity contribution is 9.10. The van der Waals surface area contributed by atoms with E-state index in [1.807, 2.05) is 74.5 Å². The Balaban J connectivity index is 1.91. The first kappa shape index (κ1) is 24.2. The predicted molar refractivity (Wildman–Crippen MR) is 140 cm³/mol. The molecule has 0 bridgehead atoms. The molecule has 34 heavy (non-hydrogen) atoms. The molecule has 0 amide bonds. The van der Waals surface area contributed by atoms with E-state index < -0.39 is 12.0 Å². The van der Waals surface area contributed by atoms with E-state index in [0.717, 1.165) is 26.9 Å². The van der Waals surface area contributed by atoms with Crippen molar-refractivity contribution in [3.05, 3.63) is 94.6 Å². The van der Waals surface area contributed by atoms with Crippen molar-refractivity contribution in [1.29, 1.82) is 0 Å². The first-order valence-corrected chi connectivity index (χ1v) is 12.5. The molecule has 2 heterocycles. The van der Waals surface area contributed by atoms with Gasteiger partial charge >= 0.3 is 5.97 Å². The van der Waals surface area contributed by atoms with Crippen molar-refractivity contribution in [1.82, 2.24) is 4.57 Å². The number of aromatic nitrogens is 1. The quantitative estimate of drug-likeness (QED) is 0.460. The number of thiazole rings is 1. The zero-order valence-corrected chi connectivity index (χ0v) is 22.2. The van der Waals surface area contributed by atoms with Crippen molar-refractivity contribution < 1.29 is 9.53 Å². The smallest absolute Gasteiger partial charge is 0.338 e. The number of anilines is 1. The Labute approximate surface area is 210 Å². The standard InChI is InChI=1S/C26H26BrN3O3S/c1-6-33-25(32)22-16(3)28-26-30(23(22)18-10-7-15(2)8-11-18)24(31)21(34-26)14-17-9-12-20(29(4)5)19(27)13-17/h7-14,23H,6H2,1-5H3/b21-14-/t23-/m0/s1. The number of hydrogen-bond donors (Lipinski definition) is 0. The second-order valence-corrected chi connectivity index (χ2v) is 10.2. The number of aryl methyl sites for hydroxylation is 1. The summed E-state index contributed by atoms with van der Waals surface area (Å²) in [4.78, 5) is 33.8. The lowest BCUT2D eigenvalue weighted by Gasteiger charge is -2.24. The number of carbonyl (C=O) groups is 1. The zero-order valence-electron chi connectivity index (χ0n) is 19.8. The lowest BCUT2D eigenvalue weighted by atomic mass is 9.95. The van der Waals surface area contributed by atoms with Crippen molar-refractivity contribution in [3.8, 4) is 0 Å². The van der Waals surface area contributed by atoms with E-state index in [4.69, 9.17) is 4.74 Å². The number of allylic oxidation sites excluding steroid dienone is 1. The average molecular weight is 540 g/mol. The molecular weight excluding hydrogens is 514 g/mol. The highest BCUT2D eigenvalue weighted by Gasteiger charge is 2.33. The molecule has 1 atom stereocenters. The summed E-state index contributed by atoms with van der Waals surface area (Å²) < 4.78 is 8.45. The van der Waals surface area contributed by atoms with Crippen LogP contribution in [-0.2, 0) is 9.53 Å². The number of ether oxygens (including phenoxy) is 1. The van der Waals surface area contributed by atoms with Crippen LogP contribution in [0.15, 0.2) is 68.0 Å². The van der Waals surface area contributed by atoms with E-state index in [-0.39, 0.29) is 12.2 Å². The summed E-state index contributed by atoms with van der Waals surface area (Å²) in [7, 11) is 3.96. The summed E-state index contributed by atoms with van der Waals surface area (Å²) in [5.41, 5.74) is 4.66. The molecule has 3 aromatic rings. The molecule has 0 saturated heterocycles. The number of benzene rings is 2. The summed E-state index contributed by atoms with van der Waals surface area (Å²) in [6.07, 6.45) is 1.86. The molecule has 8 heteroatoms. The van der Waals surface area contributed by atoms with Gasteiger partial charge in [0.2, 0.25) is 0 Å². The first-order chi connectivity index (χ1) is 16.2. The SMILES string of the molecule is CCOC(=O)C1=C(C)N=c2s/c(=C\c3ccc(N(C)C)c(Br)c3)c(=O)n2[C@H]1c1ccc(C)cc1. The van der Waals surface area contributed by atoms with Crippen LogP contribution >= 0.6 is 27.3 Å². The number of halogens is 1. The van der Waals surface area contributed by atoms with Crippen molar-refractivity contribution >= 4 is 45.0 Å². The molecule has 0 saturated carbocycles. The van der Waals surface area contributed by atoms with Crippen LogP contribution in [0, 0.1) is 6.92 Å². The number of fused-ring (bicyclic) bond motifs is 1. The van der Waals surface area contributed by atoms with Gasteiger partial charge in [-0.2, -0.15) is 0 Å². The van der Waals surface area contributed by atoms with Gasteiger partial charge < -0.3 is 9.64 Å². The highest BCUT2D eigenvalue weighted by atomic mass is 79.9. The fourth-order valence-corrected chi connectivity index (χ4v) is 5.78. The molecule has 4 rings (SSSR count). The minimum absolute atomic E-state index is 0.184. The molecule has 6 nitrogen and oxygen atoms in total. The number of carbonyl (C=O) groups excluding carboxylic acids is 1. The fraction of sp³-hybridized carbons (Fsp3) is 0.269. The summed E-state index contributed by atoms with van der Waals surface area (Å²) in [5.74, 6) is -0.452. The minimum atomic E-state index is -0.596. The molecule has 0 unspecified atom stereocenters. The topological polar surface area (TPSA) is 63.9 Å². The van der Waals surface area contributed by atoms with Crippen molar-refractivity contribution in [2.45, 2.75) is 26.8 Å². The van der Waals surface area contributed by atoms with Gasteiger partial charge in [0.1, 0.15) is 0 Å². The van der Waals surface area contributed by atoms with Gasteiger partial charge in [0, 0.05) is 18.6 Å². The van der Waals surface area contributed by atoms with E-state index >= 15 is 0 Å². The maximum atomic E-state index is 13.6. The van der Waals surface area contributed by atoms with E-state index in [9.17, 15) is 9.59 Å². The molecule has 1 aromatic heterocycles. The lowest BCUT2D eigenvalue weighted by molar-refractivity contribution is -0.139. The van der Waals surface area contributed by atoms with Crippen LogP contribution in [0.25, 0.3) is 6.08 Å². The average Bonchev–Trinajstić information content (AvgIpc) is 3.08. The van der Waals surface area contributed by atoms with E-state index in [1.165, 1.54) is 11.3 Å². The summed E-state index contributed by atoms with van der Waals surface area (Å²) in [6.45, 7) is 5.81. The minimum Gasteiger partial charge on any atom is -0.463 e. The Kier molecular flexibility index (Phi) is 6.91. The van der Waals surface area contributed by atoms with Gasteiger partial charge in [0.15, 0.2) is 4.80 Å². The van der Waals surface area contributed by atoms with Crippen LogP contribution in [0.1, 0.15) is 36.6 Å². The van der Waals surface area contributed by atoms with Gasteiger partial charge in [-0.1, -0.05) is 47.2 Å². The molecule has 0 fully saturated rings. The van der Waals surface area contributed by atoms with E-state index in [2.05, 4.69) is 20.9 Å². The van der Waals surface area contributed by atoms with Gasteiger partial charge in [-0.15, -0.1) is 0 Å². The Morgan fingerprint density at radius 2 is 1.91 bits per heavy atom. The van der Waals surface area contributed by atoms with Crippen LogP contribution in [0.5, 0.6) is 0 Å². The second-order valence-electron chi connectivity index (χ2n) is 8.32. The third-order valence-corrected chi connectivity index (χ3v) is 7.28. The number of rotatable bonds is 5. The number of nitrogens with zero attached hydrogens (tertiary/aromatic N) is 3. The lowest BCUT2D eigenvalue weighted by Crippen LogP contribution is -2.39. The van der Waals surface area contributed by atoms with Crippen LogP contribution in [0.3, 0.4) is 0 Å². The monoisotopic (exact) mass is 539 g/mol. The van der Waals surface area contributed by atoms with E-state index in [1.54, 1.807) is 18.4 Å². The van der Waals surface area contributed by atoms with Gasteiger partial charge in [-0.3, -0.25) is 9.36 Å². The normalized spacial score (nSPS) is 15.7. The van der Waals surface area contributed by atoms with Crippen molar-refractivity contribution in [2.75, 3.05) is 25.6 Å². The second kappa shape index (κ2) is 9.72. The zero-order chi connectivity index (χ0) is 24.6. The third kappa shape index (κ3) is 4.52. The molecule has 0 spiro atoms. The Bertz CT molecular complexity index is 1470. The fourth-order valence-electron chi connectivity index (χ4n) is 3.98. The number of esters is 1. The highest BCUT2D eigenvalue weighted by Crippen LogP contribution is 2.31. The largest absolute Gasteiger partial charge is 0.463 e. The van der Waals surface area contributed by atoms with Gasteiger partial charge in [0.05, 0.1) is 34.1 Å². The maximum Gasteiger partial charge on any atom is 0.338 e. The van der Waals surface area contributed by atoms with Crippen LogP contribution in [0.4, 0.5) is 5.69 Å². The molecular formula is C26H26BrN3O3S. The summed E-state index contributed by atoms with van der Waals surface area (Å²) in [6, 6.07) is 13.2.